The molecule has 0 aromatic heterocycles. The number of benzene rings is 3. The molecule has 0 saturated carbocycles. The molecular weight excluding hydrogens is 512 g/mol. The summed E-state index contributed by atoms with van der Waals surface area (Å²) in [6, 6.07) is 20.9. The van der Waals surface area contributed by atoms with Crippen molar-refractivity contribution in [3.63, 3.8) is 0 Å². The van der Waals surface area contributed by atoms with Gasteiger partial charge in [0.05, 0.1) is 17.7 Å². The lowest BCUT2D eigenvalue weighted by molar-refractivity contribution is -0.116. The Morgan fingerprint density at radius 3 is 2.69 bits per heavy atom. The molecule has 5 nitrogen and oxygen atoms in total. The number of ether oxygens (including phenoxy) is 2. The molecule has 164 valence electrons. The number of hydrogen-bond donors (Lipinski definition) is 2. The Morgan fingerprint density at radius 2 is 1.91 bits per heavy atom. The second-order valence-corrected chi connectivity index (χ2v) is 9.42. The van der Waals surface area contributed by atoms with E-state index in [1.54, 1.807) is 25.3 Å². The van der Waals surface area contributed by atoms with Gasteiger partial charge in [-0.15, -0.1) is 0 Å². The summed E-state index contributed by atoms with van der Waals surface area (Å²) in [7, 11) is 1.59. The lowest BCUT2D eigenvalue weighted by Crippen LogP contribution is -2.31. The standard InChI is InChI=1S/C24H20BrClN2O3S/c1-30-21-11-10-18(26)13-19(21)27-24-28-23(29)22(32-24)12-16-4-2-3-5-20(16)31-14-15-6-8-17(25)9-7-15/h2-13,24,27H,14H2,1H3,(H,28,29)/b22-12-. The highest BCUT2D eigenvalue weighted by Gasteiger charge is 2.28. The highest BCUT2D eigenvalue weighted by Crippen LogP contribution is 2.35. The summed E-state index contributed by atoms with van der Waals surface area (Å²) < 4.78 is 12.4. The number of hydrogen-bond acceptors (Lipinski definition) is 5. The summed E-state index contributed by atoms with van der Waals surface area (Å²) in [6.45, 7) is 0.436. The maximum atomic E-state index is 12.6. The molecule has 1 heterocycles. The number of nitrogens with one attached hydrogen (secondary N) is 2. The topological polar surface area (TPSA) is 59.6 Å². The van der Waals surface area contributed by atoms with E-state index in [4.69, 9.17) is 21.1 Å². The molecule has 0 spiro atoms. The SMILES string of the molecule is COc1ccc(Cl)cc1NC1NC(=O)/C(=C/c2ccccc2OCc2ccc(Br)cc2)S1. The molecule has 1 unspecified atom stereocenters. The van der Waals surface area contributed by atoms with Crippen molar-refractivity contribution < 1.29 is 14.3 Å². The molecule has 1 saturated heterocycles. The van der Waals surface area contributed by atoms with E-state index in [1.165, 1.54) is 11.8 Å². The Hall–Kier alpha value is -2.61. The van der Waals surface area contributed by atoms with Gasteiger partial charge in [0, 0.05) is 15.1 Å². The molecule has 1 atom stereocenters. The fraction of sp³-hybridized carbons (Fsp3) is 0.125. The Balaban J connectivity index is 1.48. The van der Waals surface area contributed by atoms with Crippen LogP contribution >= 0.6 is 39.3 Å². The molecule has 3 aromatic carbocycles. The van der Waals surface area contributed by atoms with Gasteiger partial charge < -0.3 is 20.1 Å². The van der Waals surface area contributed by atoms with Crippen molar-refractivity contribution in [2.24, 2.45) is 0 Å². The zero-order valence-corrected chi connectivity index (χ0v) is 20.3. The Morgan fingerprint density at radius 1 is 1.12 bits per heavy atom. The van der Waals surface area contributed by atoms with E-state index in [2.05, 4.69) is 26.6 Å². The quantitative estimate of drug-likeness (QED) is 0.351. The predicted octanol–water partition coefficient (Wildman–Crippen LogP) is 6.29. The Bertz CT molecular complexity index is 1150. The average Bonchev–Trinajstić information content (AvgIpc) is 3.13. The largest absolute Gasteiger partial charge is 0.495 e. The molecule has 1 fully saturated rings. The van der Waals surface area contributed by atoms with Gasteiger partial charge in [-0.05, 0) is 48.0 Å². The van der Waals surface area contributed by atoms with Gasteiger partial charge in [-0.25, -0.2) is 0 Å². The van der Waals surface area contributed by atoms with Crippen LogP contribution < -0.4 is 20.1 Å². The first kappa shape index (κ1) is 22.6. The molecule has 0 bridgehead atoms. The van der Waals surface area contributed by atoms with Crippen molar-refractivity contribution in [2.45, 2.75) is 12.1 Å². The fourth-order valence-corrected chi connectivity index (χ4v) is 4.52. The molecule has 0 aliphatic carbocycles. The second-order valence-electron chi connectivity index (χ2n) is 6.92. The van der Waals surface area contributed by atoms with E-state index < -0.39 is 0 Å². The summed E-state index contributed by atoms with van der Waals surface area (Å²) in [4.78, 5) is 13.2. The van der Waals surface area contributed by atoms with Crippen LogP contribution in [-0.4, -0.2) is 18.5 Å². The lowest BCUT2D eigenvalue weighted by Gasteiger charge is -2.15. The third-order valence-electron chi connectivity index (χ3n) is 4.69. The maximum absolute atomic E-state index is 12.6. The van der Waals surface area contributed by atoms with Crippen LogP contribution in [0.5, 0.6) is 11.5 Å². The third kappa shape index (κ3) is 5.59. The van der Waals surface area contributed by atoms with Crippen LogP contribution in [0.25, 0.3) is 6.08 Å². The number of thioether (sulfide) groups is 1. The van der Waals surface area contributed by atoms with Crippen LogP contribution in [-0.2, 0) is 11.4 Å². The van der Waals surface area contributed by atoms with Gasteiger partial charge >= 0.3 is 0 Å². The normalized spacial score (nSPS) is 16.7. The van der Waals surface area contributed by atoms with Gasteiger partial charge in [0.25, 0.3) is 5.91 Å². The zero-order chi connectivity index (χ0) is 22.5. The smallest absolute Gasteiger partial charge is 0.260 e. The number of carbonyl (C=O) groups is 1. The lowest BCUT2D eigenvalue weighted by atomic mass is 10.2. The summed E-state index contributed by atoms with van der Waals surface area (Å²) in [5.74, 6) is 1.20. The number of rotatable bonds is 7. The molecule has 1 aliphatic rings. The highest BCUT2D eigenvalue weighted by atomic mass is 79.9. The summed E-state index contributed by atoms with van der Waals surface area (Å²) in [5.41, 5.74) is 2.25. The van der Waals surface area contributed by atoms with E-state index in [0.717, 1.165) is 15.6 Å². The Labute approximate surface area is 204 Å². The summed E-state index contributed by atoms with van der Waals surface area (Å²) >= 11 is 10.9. The van der Waals surface area contributed by atoms with Crippen LogP contribution in [0, 0.1) is 0 Å². The van der Waals surface area contributed by atoms with Crippen molar-refractivity contribution in [1.82, 2.24) is 5.32 Å². The minimum absolute atomic E-state index is 0.156. The molecule has 3 aromatic rings. The van der Waals surface area contributed by atoms with Crippen LogP contribution in [0.3, 0.4) is 0 Å². The first-order valence-electron chi connectivity index (χ1n) is 9.77. The minimum atomic E-state index is -0.350. The van der Waals surface area contributed by atoms with Crippen molar-refractivity contribution >= 4 is 57.0 Å². The zero-order valence-electron chi connectivity index (χ0n) is 17.1. The van der Waals surface area contributed by atoms with E-state index >= 15 is 0 Å². The number of para-hydroxylation sites is 1. The van der Waals surface area contributed by atoms with E-state index in [0.29, 0.717) is 33.7 Å². The number of methoxy groups -OCH3 is 1. The van der Waals surface area contributed by atoms with Crippen LogP contribution in [0.4, 0.5) is 5.69 Å². The highest BCUT2D eigenvalue weighted by molar-refractivity contribution is 9.10. The van der Waals surface area contributed by atoms with E-state index in [9.17, 15) is 4.79 Å². The maximum Gasteiger partial charge on any atom is 0.260 e. The minimum Gasteiger partial charge on any atom is -0.495 e. The predicted molar refractivity (Wildman–Crippen MR) is 134 cm³/mol. The number of halogens is 2. The van der Waals surface area contributed by atoms with Crippen molar-refractivity contribution in [3.05, 3.63) is 92.3 Å². The van der Waals surface area contributed by atoms with Gasteiger partial charge in [-0.3, -0.25) is 4.79 Å². The molecule has 0 radical (unpaired) electrons. The van der Waals surface area contributed by atoms with Gasteiger partial charge in [0.2, 0.25) is 0 Å². The van der Waals surface area contributed by atoms with E-state index in [-0.39, 0.29) is 11.4 Å². The van der Waals surface area contributed by atoms with Crippen molar-refractivity contribution in [3.8, 4) is 11.5 Å². The number of carbonyl (C=O) groups excluding carboxylic acids is 1. The molecular formula is C24H20BrClN2O3S. The first-order chi connectivity index (χ1) is 15.5. The number of anilines is 1. The third-order valence-corrected chi connectivity index (χ3v) is 6.48. The number of amides is 1. The molecule has 4 rings (SSSR count). The fourth-order valence-electron chi connectivity index (χ4n) is 3.11. The van der Waals surface area contributed by atoms with Gasteiger partial charge in [0.15, 0.2) is 5.50 Å². The van der Waals surface area contributed by atoms with Crippen molar-refractivity contribution in [1.29, 1.82) is 0 Å². The summed E-state index contributed by atoms with van der Waals surface area (Å²) in [5, 5.41) is 6.76. The average molecular weight is 532 g/mol. The van der Waals surface area contributed by atoms with Crippen LogP contribution in [0.15, 0.2) is 76.1 Å². The molecule has 1 aliphatic heterocycles. The molecule has 1 amide bonds. The van der Waals surface area contributed by atoms with Crippen LogP contribution in [0.2, 0.25) is 5.02 Å². The molecule has 32 heavy (non-hydrogen) atoms. The van der Waals surface area contributed by atoms with E-state index in [1.807, 2.05) is 54.6 Å². The van der Waals surface area contributed by atoms with Gasteiger partial charge in [0.1, 0.15) is 18.1 Å². The van der Waals surface area contributed by atoms with Crippen molar-refractivity contribution in [2.75, 3.05) is 12.4 Å². The van der Waals surface area contributed by atoms with Gasteiger partial charge in [-0.1, -0.05) is 69.6 Å². The first-order valence-corrected chi connectivity index (χ1v) is 11.8. The molecule has 2 N–H and O–H groups in total. The monoisotopic (exact) mass is 530 g/mol. The van der Waals surface area contributed by atoms with Crippen LogP contribution in [0.1, 0.15) is 11.1 Å². The van der Waals surface area contributed by atoms with Gasteiger partial charge in [-0.2, -0.15) is 0 Å². The summed E-state index contributed by atoms with van der Waals surface area (Å²) in [6.07, 6.45) is 1.84. The second kappa shape index (κ2) is 10.3. The Kier molecular flexibility index (Phi) is 7.29. The molecule has 8 heteroatoms.